The quantitative estimate of drug-likeness (QED) is 0.814. The summed E-state index contributed by atoms with van der Waals surface area (Å²) >= 11 is 0. The van der Waals surface area contributed by atoms with E-state index in [-0.39, 0.29) is 6.10 Å². The zero-order valence-electron chi connectivity index (χ0n) is 12.9. The maximum absolute atomic E-state index is 11.8. The van der Waals surface area contributed by atoms with Gasteiger partial charge in [0.2, 0.25) is 6.10 Å². The third kappa shape index (κ3) is 6.27. The summed E-state index contributed by atoms with van der Waals surface area (Å²) in [5, 5.41) is 11.8. The lowest BCUT2D eigenvalue weighted by Gasteiger charge is -2.23. The van der Waals surface area contributed by atoms with Crippen molar-refractivity contribution in [1.29, 1.82) is 5.26 Å². The molecule has 1 aromatic rings. The van der Waals surface area contributed by atoms with E-state index in [0.29, 0.717) is 6.42 Å². The molecule has 6 nitrogen and oxygen atoms in total. The van der Waals surface area contributed by atoms with Gasteiger partial charge in [-0.25, -0.2) is 4.79 Å². The van der Waals surface area contributed by atoms with Gasteiger partial charge in [0.15, 0.2) is 0 Å². The number of nitriles is 1. The normalized spacial score (nSPS) is 12.9. The lowest BCUT2D eigenvalue weighted by Crippen LogP contribution is -2.46. The lowest BCUT2D eigenvalue weighted by molar-refractivity contribution is -0.145. The molecule has 0 aromatic heterocycles. The predicted octanol–water partition coefficient (Wildman–Crippen LogP) is 2.19. The van der Waals surface area contributed by atoms with E-state index < -0.39 is 24.2 Å². The Labute approximate surface area is 130 Å². The molecule has 1 aromatic carbocycles. The summed E-state index contributed by atoms with van der Waals surface area (Å²) in [6.07, 6.45) is -1.67. The van der Waals surface area contributed by atoms with Gasteiger partial charge in [0, 0.05) is 6.92 Å². The zero-order chi connectivity index (χ0) is 16.5. The van der Waals surface area contributed by atoms with Crippen molar-refractivity contribution in [3.05, 3.63) is 35.9 Å². The van der Waals surface area contributed by atoms with Gasteiger partial charge in [0.1, 0.15) is 6.07 Å². The van der Waals surface area contributed by atoms with Crippen LogP contribution in [0, 0.1) is 11.3 Å². The first-order chi connectivity index (χ1) is 10.4. The molecule has 0 spiro atoms. The summed E-state index contributed by atoms with van der Waals surface area (Å²) in [6.45, 7) is 4.66. The highest BCUT2D eigenvalue weighted by Crippen LogP contribution is 2.09. The Morgan fingerprint density at radius 2 is 1.86 bits per heavy atom. The van der Waals surface area contributed by atoms with Crippen LogP contribution in [0.1, 0.15) is 26.3 Å². The topological polar surface area (TPSA) is 88.4 Å². The monoisotopic (exact) mass is 304 g/mol. The van der Waals surface area contributed by atoms with Crippen LogP contribution in [-0.4, -0.2) is 30.3 Å². The summed E-state index contributed by atoms with van der Waals surface area (Å²) in [5.41, 5.74) is 0.907. The number of carbonyl (C=O) groups excluding carboxylic acids is 2. The summed E-state index contributed by atoms with van der Waals surface area (Å²) in [7, 11) is 0. The number of benzene rings is 1. The van der Waals surface area contributed by atoms with Gasteiger partial charge in [0.05, 0.1) is 12.1 Å². The predicted molar refractivity (Wildman–Crippen MR) is 79.9 cm³/mol. The van der Waals surface area contributed by atoms with Gasteiger partial charge in [-0.2, -0.15) is 5.26 Å². The standard InChI is InChI=1S/C16H20N2O4/c1-11(2)21-16(20)18-14(15(10-17)22-12(3)19)9-13-7-5-4-6-8-13/h4-8,11,14-15H,9H2,1-3H3,(H,18,20). The molecule has 0 saturated heterocycles. The molecule has 0 aliphatic carbocycles. The van der Waals surface area contributed by atoms with E-state index in [2.05, 4.69) is 5.32 Å². The Morgan fingerprint density at radius 3 is 2.36 bits per heavy atom. The fourth-order valence-electron chi connectivity index (χ4n) is 1.88. The molecule has 0 aliphatic heterocycles. The number of nitrogens with one attached hydrogen (secondary N) is 1. The highest BCUT2D eigenvalue weighted by atomic mass is 16.6. The van der Waals surface area contributed by atoms with Crippen molar-refractivity contribution in [2.75, 3.05) is 0 Å². The summed E-state index contributed by atoms with van der Waals surface area (Å²) in [4.78, 5) is 22.9. The van der Waals surface area contributed by atoms with Crippen LogP contribution in [0.15, 0.2) is 30.3 Å². The summed E-state index contributed by atoms with van der Waals surface area (Å²) in [6, 6.07) is 10.5. The molecule has 2 atom stereocenters. The van der Waals surface area contributed by atoms with Crippen molar-refractivity contribution in [2.45, 2.75) is 45.4 Å². The summed E-state index contributed by atoms with van der Waals surface area (Å²) < 4.78 is 9.99. The largest absolute Gasteiger partial charge is 0.447 e. The Kier molecular flexibility index (Phi) is 6.90. The van der Waals surface area contributed by atoms with Crippen molar-refractivity contribution in [3.8, 4) is 6.07 Å². The molecule has 0 heterocycles. The SMILES string of the molecule is CC(=O)OC(C#N)C(Cc1ccccc1)NC(=O)OC(C)C. The minimum atomic E-state index is -1.09. The van der Waals surface area contributed by atoms with Crippen LogP contribution in [-0.2, 0) is 20.7 Å². The minimum absolute atomic E-state index is 0.286. The van der Waals surface area contributed by atoms with Crippen molar-refractivity contribution in [1.82, 2.24) is 5.32 Å². The molecule has 6 heteroatoms. The molecule has 1 rings (SSSR count). The lowest BCUT2D eigenvalue weighted by atomic mass is 10.0. The van der Waals surface area contributed by atoms with Gasteiger partial charge in [-0.1, -0.05) is 30.3 Å². The van der Waals surface area contributed by atoms with Crippen LogP contribution in [0.5, 0.6) is 0 Å². The molecule has 2 unspecified atom stereocenters. The molecular weight excluding hydrogens is 284 g/mol. The van der Waals surface area contributed by atoms with Gasteiger partial charge in [-0.15, -0.1) is 0 Å². The number of amides is 1. The van der Waals surface area contributed by atoms with Crippen LogP contribution in [0.25, 0.3) is 0 Å². The summed E-state index contributed by atoms with van der Waals surface area (Å²) in [5.74, 6) is -0.580. The van der Waals surface area contributed by atoms with Crippen molar-refractivity contribution in [3.63, 3.8) is 0 Å². The van der Waals surface area contributed by atoms with E-state index in [1.54, 1.807) is 13.8 Å². The van der Waals surface area contributed by atoms with Crippen LogP contribution in [0.4, 0.5) is 4.79 Å². The highest BCUT2D eigenvalue weighted by molar-refractivity contribution is 5.69. The molecule has 1 N–H and O–H groups in total. The molecule has 0 fully saturated rings. The van der Waals surface area contributed by atoms with Gasteiger partial charge < -0.3 is 14.8 Å². The van der Waals surface area contributed by atoms with E-state index in [4.69, 9.17) is 9.47 Å². The number of alkyl carbamates (subject to hydrolysis) is 1. The average molecular weight is 304 g/mol. The van der Waals surface area contributed by atoms with Gasteiger partial charge >= 0.3 is 12.1 Å². The first-order valence-corrected chi connectivity index (χ1v) is 7.00. The molecule has 0 radical (unpaired) electrons. The second-order valence-corrected chi connectivity index (χ2v) is 5.05. The molecular formula is C16H20N2O4. The minimum Gasteiger partial charge on any atom is -0.447 e. The molecule has 1 amide bonds. The highest BCUT2D eigenvalue weighted by Gasteiger charge is 2.27. The molecule has 22 heavy (non-hydrogen) atoms. The van der Waals surface area contributed by atoms with Crippen LogP contribution in [0.3, 0.4) is 0 Å². The smallest absolute Gasteiger partial charge is 0.407 e. The number of carbonyl (C=O) groups is 2. The van der Waals surface area contributed by atoms with Crippen LogP contribution >= 0.6 is 0 Å². The van der Waals surface area contributed by atoms with Crippen molar-refractivity contribution in [2.24, 2.45) is 0 Å². The second-order valence-electron chi connectivity index (χ2n) is 5.05. The zero-order valence-corrected chi connectivity index (χ0v) is 12.9. The van der Waals surface area contributed by atoms with Gasteiger partial charge in [0.25, 0.3) is 0 Å². The second kappa shape index (κ2) is 8.67. The van der Waals surface area contributed by atoms with E-state index in [9.17, 15) is 14.9 Å². The molecule has 0 bridgehead atoms. The number of rotatable bonds is 6. The Hall–Kier alpha value is -2.55. The fraction of sp³-hybridized carbons (Fsp3) is 0.438. The number of hydrogen-bond donors (Lipinski definition) is 1. The maximum Gasteiger partial charge on any atom is 0.407 e. The third-order valence-electron chi connectivity index (χ3n) is 2.73. The van der Waals surface area contributed by atoms with E-state index in [1.807, 2.05) is 36.4 Å². The Bertz CT molecular complexity index is 537. The van der Waals surface area contributed by atoms with E-state index in [0.717, 1.165) is 5.56 Å². The first kappa shape index (κ1) is 17.5. The van der Waals surface area contributed by atoms with Gasteiger partial charge in [-0.3, -0.25) is 4.79 Å². The Balaban J connectivity index is 2.86. The molecule has 0 saturated carbocycles. The third-order valence-corrected chi connectivity index (χ3v) is 2.73. The van der Waals surface area contributed by atoms with Crippen molar-refractivity contribution >= 4 is 12.1 Å². The van der Waals surface area contributed by atoms with E-state index >= 15 is 0 Å². The van der Waals surface area contributed by atoms with E-state index in [1.165, 1.54) is 6.92 Å². The number of hydrogen-bond acceptors (Lipinski definition) is 5. The first-order valence-electron chi connectivity index (χ1n) is 7.00. The molecule has 118 valence electrons. The average Bonchev–Trinajstić information content (AvgIpc) is 2.44. The Morgan fingerprint density at radius 1 is 1.23 bits per heavy atom. The van der Waals surface area contributed by atoms with Crippen molar-refractivity contribution < 1.29 is 19.1 Å². The maximum atomic E-state index is 11.8. The van der Waals surface area contributed by atoms with Crippen LogP contribution in [0.2, 0.25) is 0 Å². The number of nitrogens with zero attached hydrogens (tertiary/aromatic N) is 1. The fourth-order valence-corrected chi connectivity index (χ4v) is 1.88. The number of ether oxygens (including phenoxy) is 2. The number of esters is 1. The van der Waals surface area contributed by atoms with Gasteiger partial charge in [-0.05, 0) is 25.8 Å². The molecule has 0 aliphatic rings. The van der Waals surface area contributed by atoms with Crippen LogP contribution < -0.4 is 5.32 Å².